The number of benzene rings is 1. The number of hydrogen-bond donors (Lipinski definition) is 1. The Morgan fingerprint density at radius 2 is 1.88 bits per heavy atom. The Morgan fingerprint density at radius 1 is 1.00 bits per heavy atom. The molecular formula is C24H21N7O2. The first-order valence-electron chi connectivity index (χ1n) is 10.5. The van der Waals surface area contributed by atoms with E-state index < -0.39 is 0 Å². The van der Waals surface area contributed by atoms with E-state index in [1.54, 1.807) is 40.2 Å². The fraction of sp³-hybridized carbons (Fsp3) is 0.125. The number of nitrogens with zero attached hydrogens (tertiary/aromatic N) is 6. The lowest BCUT2D eigenvalue weighted by Gasteiger charge is -2.09. The van der Waals surface area contributed by atoms with Crippen molar-refractivity contribution in [3.63, 3.8) is 0 Å². The highest BCUT2D eigenvalue weighted by Crippen LogP contribution is 2.25. The summed E-state index contributed by atoms with van der Waals surface area (Å²) in [6.07, 6.45) is 8.71. The molecule has 0 saturated carbocycles. The van der Waals surface area contributed by atoms with Crippen LogP contribution in [0.4, 0.5) is 5.82 Å². The predicted octanol–water partition coefficient (Wildman–Crippen LogP) is 3.22. The van der Waals surface area contributed by atoms with Gasteiger partial charge in [-0.15, -0.1) is 0 Å². The second-order valence-electron chi connectivity index (χ2n) is 7.46. The van der Waals surface area contributed by atoms with Gasteiger partial charge in [-0.2, -0.15) is 10.2 Å². The van der Waals surface area contributed by atoms with Crippen LogP contribution in [-0.4, -0.2) is 29.5 Å². The molecule has 2 N–H and O–H groups in total. The van der Waals surface area contributed by atoms with E-state index in [1.807, 2.05) is 43.5 Å². The number of pyridine rings is 2. The molecule has 0 aliphatic carbocycles. The summed E-state index contributed by atoms with van der Waals surface area (Å²) in [6, 6.07) is 12.8. The first kappa shape index (κ1) is 20.4. The predicted molar refractivity (Wildman–Crippen MR) is 125 cm³/mol. The van der Waals surface area contributed by atoms with Gasteiger partial charge >= 0.3 is 0 Å². The number of aryl methyl sites for hydroxylation is 1. The lowest BCUT2D eigenvalue weighted by Crippen LogP contribution is -2.17. The average Bonchev–Trinajstić information content (AvgIpc) is 3.33. The minimum atomic E-state index is -0.185. The molecule has 0 unspecified atom stereocenters. The monoisotopic (exact) mass is 439 g/mol. The van der Waals surface area contributed by atoms with Crippen LogP contribution in [0.2, 0.25) is 0 Å². The highest BCUT2D eigenvalue weighted by atomic mass is 16.5. The van der Waals surface area contributed by atoms with Crippen molar-refractivity contribution < 1.29 is 4.74 Å². The molecule has 5 rings (SSSR count). The van der Waals surface area contributed by atoms with Gasteiger partial charge in [0.1, 0.15) is 29.6 Å². The number of fused-ring (bicyclic) bond motifs is 1. The molecule has 0 bridgehead atoms. The quantitative estimate of drug-likeness (QED) is 0.432. The van der Waals surface area contributed by atoms with Crippen LogP contribution >= 0.6 is 0 Å². The summed E-state index contributed by atoms with van der Waals surface area (Å²) in [4.78, 5) is 21.0. The summed E-state index contributed by atoms with van der Waals surface area (Å²) in [5.74, 6) is 1.09. The van der Waals surface area contributed by atoms with Crippen LogP contribution in [0.25, 0.3) is 27.7 Å². The molecule has 0 fully saturated rings. The largest absolute Gasteiger partial charge is 0.487 e. The molecule has 4 heterocycles. The molecule has 0 atom stereocenters. The van der Waals surface area contributed by atoms with Crippen LogP contribution in [-0.2, 0) is 13.2 Å². The Hall–Kier alpha value is -4.53. The van der Waals surface area contributed by atoms with Crippen LogP contribution in [0.5, 0.6) is 5.75 Å². The van der Waals surface area contributed by atoms with E-state index in [0.29, 0.717) is 17.3 Å². The molecule has 0 amide bonds. The molecule has 33 heavy (non-hydrogen) atoms. The van der Waals surface area contributed by atoms with Crippen molar-refractivity contribution in [2.45, 2.75) is 20.1 Å². The molecule has 0 radical (unpaired) electrons. The highest BCUT2D eigenvalue weighted by molar-refractivity contribution is 5.84. The SMILES string of the molecule is CCn1cc(-n2ccc(=O)c(COc3ccc4ncc(-c5ccc(N)nc5)cc4c3)n2)cn1. The van der Waals surface area contributed by atoms with Gasteiger partial charge in [-0.3, -0.25) is 14.5 Å². The van der Waals surface area contributed by atoms with Crippen LogP contribution in [0, 0.1) is 0 Å². The fourth-order valence-electron chi connectivity index (χ4n) is 3.42. The maximum Gasteiger partial charge on any atom is 0.206 e. The van der Waals surface area contributed by atoms with Crippen molar-refractivity contribution in [1.82, 2.24) is 29.5 Å². The molecule has 1 aromatic carbocycles. The van der Waals surface area contributed by atoms with Gasteiger partial charge in [0.05, 0.1) is 17.9 Å². The fourth-order valence-corrected chi connectivity index (χ4v) is 3.42. The zero-order chi connectivity index (χ0) is 22.8. The van der Waals surface area contributed by atoms with Crippen molar-refractivity contribution in [2.24, 2.45) is 0 Å². The molecule has 5 aromatic rings. The Morgan fingerprint density at radius 3 is 2.67 bits per heavy atom. The number of aromatic nitrogens is 6. The zero-order valence-corrected chi connectivity index (χ0v) is 17.9. The maximum atomic E-state index is 12.3. The van der Waals surface area contributed by atoms with Gasteiger partial charge in [-0.25, -0.2) is 9.67 Å². The Bertz CT molecular complexity index is 1490. The summed E-state index contributed by atoms with van der Waals surface area (Å²) in [7, 11) is 0. The lowest BCUT2D eigenvalue weighted by molar-refractivity contribution is 0.298. The molecule has 9 nitrogen and oxygen atoms in total. The van der Waals surface area contributed by atoms with Crippen molar-refractivity contribution in [3.05, 3.63) is 89.4 Å². The summed E-state index contributed by atoms with van der Waals surface area (Å²) in [6.45, 7) is 2.80. The highest BCUT2D eigenvalue weighted by Gasteiger charge is 2.08. The molecular weight excluding hydrogens is 418 g/mol. The van der Waals surface area contributed by atoms with Gasteiger partial charge in [-0.1, -0.05) is 0 Å². The third-order valence-corrected chi connectivity index (χ3v) is 5.24. The third-order valence-electron chi connectivity index (χ3n) is 5.24. The van der Waals surface area contributed by atoms with Gasteiger partial charge in [0.25, 0.3) is 0 Å². The Labute approximate surface area is 189 Å². The van der Waals surface area contributed by atoms with E-state index in [1.165, 1.54) is 6.07 Å². The van der Waals surface area contributed by atoms with Gasteiger partial charge in [0.2, 0.25) is 5.43 Å². The molecule has 0 saturated heterocycles. The normalized spacial score (nSPS) is 11.1. The first-order valence-corrected chi connectivity index (χ1v) is 10.5. The number of anilines is 1. The van der Waals surface area contributed by atoms with Crippen LogP contribution in [0.3, 0.4) is 0 Å². The third kappa shape index (κ3) is 4.29. The van der Waals surface area contributed by atoms with Gasteiger partial charge in [0.15, 0.2) is 0 Å². The van der Waals surface area contributed by atoms with E-state index in [-0.39, 0.29) is 12.0 Å². The molecule has 0 spiro atoms. The molecule has 0 aliphatic heterocycles. The van der Waals surface area contributed by atoms with Crippen LogP contribution in [0.15, 0.2) is 78.2 Å². The molecule has 0 aliphatic rings. The summed E-state index contributed by atoms with van der Waals surface area (Å²) in [5.41, 5.74) is 9.26. The van der Waals surface area contributed by atoms with Crippen LogP contribution in [0.1, 0.15) is 12.6 Å². The van der Waals surface area contributed by atoms with Crippen molar-refractivity contribution in [2.75, 3.05) is 5.73 Å². The summed E-state index contributed by atoms with van der Waals surface area (Å²) in [5, 5.41) is 9.58. The minimum absolute atomic E-state index is 0.0437. The Kier molecular flexibility index (Phi) is 5.27. The second-order valence-corrected chi connectivity index (χ2v) is 7.46. The van der Waals surface area contributed by atoms with E-state index in [2.05, 4.69) is 20.2 Å². The number of ether oxygens (including phenoxy) is 1. The average molecular weight is 439 g/mol. The Balaban J connectivity index is 1.38. The van der Waals surface area contributed by atoms with E-state index in [9.17, 15) is 4.79 Å². The van der Waals surface area contributed by atoms with Crippen molar-refractivity contribution in [3.8, 4) is 22.6 Å². The number of nitrogens with two attached hydrogens (primary N) is 1. The second kappa shape index (κ2) is 8.54. The van der Waals surface area contributed by atoms with E-state index in [4.69, 9.17) is 10.5 Å². The van der Waals surface area contributed by atoms with Crippen molar-refractivity contribution >= 4 is 16.7 Å². The summed E-state index contributed by atoms with van der Waals surface area (Å²) < 4.78 is 9.32. The maximum absolute atomic E-state index is 12.3. The van der Waals surface area contributed by atoms with Crippen molar-refractivity contribution in [1.29, 1.82) is 0 Å². The number of rotatable bonds is 6. The summed E-state index contributed by atoms with van der Waals surface area (Å²) >= 11 is 0. The minimum Gasteiger partial charge on any atom is -0.487 e. The standard InChI is InChI=1S/C24H21N7O2/c1-2-30-14-19(13-28-30)31-8-7-23(32)22(29-31)15-33-20-4-5-21-17(10-20)9-18(12-26-21)16-3-6-24(25)27-11-16/h3-14H,2,15H2,1H3,(H2,25,27). The number of nitrogen functional groups attached to an aromatic ring is 1. The number of hydrogen-bond acceptors (Lipinski definition) is 7. The van der Waals surface area contributed by atoms with E-state index >= 15 is 0 Å². The molecule has 164 valence electrons. The lowest BCUT2D eigenvalue weighted by atomic mass is 10.1. The van der Waals surface area contributed by atoms with Crippen LogP contribution < -0.4 is 15.9 Å². The topological polar surface area (TPSA) is 114 Å². The molecule has 4 aromatic heterocycles. The first-order chi connectivity index (χ1) is 16.1. The zero-order valence-electron chi connectivity index (χ0n) is 17.9. The van der Waals surface area contributed by atoms with E-state index in [0.717, 1.165) is 34.3 Å². The van der Waals surface area contributed by atoms with Gasteiger partial charge < -0.3 is 10.5 Å². The van der Waals surface area contributed by atoms with Gasteiger partial charge in [-0.05, 0) is 43.3 Å². The smallest absolute Gasteiger partial charge is 0.206 e. The molecule has 9 heteroatoms. The van der Waals surface area contributed by atoms with Gasteiger partial charge in [0, 0.05) is 47.7 Å².